The average molecular weight is 434 g/mol. The van der Waals surface area contributed by atoms with Crippen molar-refractivity contribution in [1.82, 2.24) is 15.0 Å². The van der Waals surface area contributed by atoms with Crippen molar-refractivity contribution in [2.24, 2.45) is 5.73 Å². The van der Waals surface area contributed by atoms with Crippen LogP contribution in [0.3, 0.4) is 0 Å². The van der Waals surface area contributed by atoms with Crippen molar-refractivity contribution < 1.29 is 13.2 Å². The number of nitrogens with zero attached hydrogens (tertiary/aromatic N) is 4. The Balaban J connectivity index is 1.76. The first kappa shape index (κ1) is 20.0. The number of imidazole rings is 1. The number of anilines is 1. The summed E-state index contributed by atoms with van der Waals surface area (Å²) in [7, 11) is 0. The van der Waals surface area contributed by atoms with Gasteiger partial charge in [-0.15, -0.1) is 0 Å². The molecule has 160 valence electrons. The second-order valence-electron chi connectivity index (χ2n) is 7.72. The van der Waals surface area contributed by atoms with Crippen LogP contribution in [0, 0.1) is 28.8 Å². The molecular weight excluding hydrogens is 417 g/mol. The number of nitriles is 1. The molecule has 9 heteroatoms. The van der Waals surface area contributed by atoms with Crippen LogP contribution < -0.4 is 10.6 Å². The molecule has 1 fully saturated rings. The lowest BCUT2D eigenvalue weighted by Gasteiger charge is -2.24. The number of nitrogens with two attached hydrogens (primary N) is 1. The minimum absolute atomic E-state index is 0.0389. The van der Waals surface area contributed by atoms with Gasteiger partial charge in [-0.25, -0.2) is 18.2 Å². The number of aromatic nitrogens is 3. The van der Waals surface area contributed by atoms with E-state index in [4.69, 9.17) is 5.73 Å². The van der Waals surface area contributed by atoms with Crippen LogP contribution in [0.2, 0.25) is 0 Å². The van der Waals surface area contributed by atoms with E-state index in [0.717, 1.165) is 18.6 Å². The maximum absolute atomic E-state index is 14.3. The number of rotatable bonds is 3. The summed E-state index contributed by atoms with van der Waals surface area (Å²) in [6.07, 6.45) is 3.93. The maximum atomic E-state index is 14.3. The van der Waals surface area contributed by atoms with E-state index in [1.807, 2.05) is 11.0 Å². The van der Waals surface area contributed by atoms with E-state index >= 15 is 0 Å². The number of aromatic amines is 1. The Bertz CT molecular complexity index is 1350. The van der Waals surface area contributed by atoms with Crippen LogP contribution in [0.15, 0.2) is 42.7 Å². The Morgan fingerprint density at radius 1 is 1.06 bits per heavy atom. The topological polar surface area (TPSA) is 94.6 Å². The Kier molecular flexibility index (Phi) is 4.79. The Hall–Kier alpha value is -3.90. The molecule has 32 heavy (non-hydrogen) atoms. The second-order valence-corrected chi connectivity index (χ2v) is 7.72. The molecule has 0 radical (unpaired) electrons. The Labute approximate surface area is 181 Å². The van der Waals surface area contributed by atoms with Gasteiger partial charge in [-0.2, -0.15) is 5.26 Å². The number of fused-ring (bicyclic) bond motifs is 1. The largest absolute Gasteiger partial charge is 0.369 e. The van der Waals surface area contributed by atoms with Gasteiger partial charge in [0.05, 0.1) is 16.8 Å². The first-order valence-corrected chi connectivity index (χ1v) is 9.99. The highest BCUT2D eigenvalue weighted by Crippen LogP contribution is 2.40. The van der Waals surface area contributed by atoms with Gasteiger partial charge in [-0.05, 0) is 36.2 Å². The van der Waals surface area contributed by atoms with Crippen molar-refractivity contribution in [2.75, 3.05) is 18.0 Å². The van der Waals surface area contributed by atoms with Gasteiger partial charge in [0.2, 0.25) is 0 Å². The van der Waals surface area contributed by atoms with E-state index in [-0.39, 0.29) is 28.5 Å². The molecule has 1 aliphatic rings. The van der Waals surface area contributed by atoms with Crippen molar-refractivity contribution in [3.05, 3.63) is 65.7 Å². The van der Waals surface area contributed by atoms with Gasteiger partial charge < -0.3 is 15.6 Å². The minimum atomic E-state index is -0.644. The van der Waals surface area contributed by atoms with Crippen molar-refractivity contribution >= 4 is 16.7 Å². The van der Waals surface area contributed by atoms with Crippen LogP contribution in [0.25, 0.3) is 33.5 Å². The lowest BCUT2D eigenvalue weighted by atomic mass is 9.99. The van der Waals surface area contributed by atoms with Crippen molar-refractivity contribution in [2.45, 2.75) is 12.5 Å². The third-order valence-electron chi connectivity index (χ3n) is 5.66. The molecule has 0 aliphatic carbocycles. The van der Waals surface area contributed by atoms with Crippen molar-refractivity contribution in [1.29, 1.82) is 5.26 Å². The molecule has 2 aromatic heterocycles. The number of benzene rings is 2. The first-order valence-electron chi connectivity index (χ1n) is 9.99. The Morgan fingerprint density at radius 3 is 2.53 bits per heavy atom. The number of nitrogens with one attached hydrogen (secondary N) is 1. The number of pyridine rings is 1. The lowest BCUT2D eigenvalue weighted by Crippen LogP contribution is -2.27. The highest BCUT2D eigenvalue weighted by Gasteiger charge is 2.27. The monoisotopic (exact) mass is 434 g/mol. The lowest BCUT2D eigenvalue weighted by molar-refractivity contribution is 0.615. The van der Waals surface area contributed by atoms with Crippen LogP contribution in [-0.4, -0.2) is 34.1 Å². The van der Waals surface area contributed by atoms with Gasteiger partial charge in [0.25, 0.3) is 0 Å². The summed E-state index contributed by atoms with van der Waals surface area (Å²) in [4.78, 5) is 13.5. The minimum Gasteiger partial charge on any atom is -0.369 e. The van der Waals surface area contributed by atoms with Gasteiger partial charge in [0.15, 0.2) is 5.82 Å². The Morgan fingerprint density at radius 2 is 1.81 bits per heavy atom. The standard InChI is InChI=1S/C23H17F3N6/c24-17-2-1-12(7-13(17)8-27)15-9-29-10-16(22(15)32-6-5-14(28)11-32)23-30-20-18(25)3-4-19(26)21(20)31-23/h1-4,7,9-10,14H,5-6,11,28H2,(H,30,31)/t14-/m0/s1. The van der Waals surface area contributed by atoms with Gasteiger partial charge >= 0.3 is 0 Å². The van der Waals surface area contributed by atoms with E-state index in [1.165, 1.54) is 12.1 Å². The molecule has 1 saturated heterocycles. The normalized spacial score (nSPS) is 16.0. The maximum Gasteiger partial charge on any atom is 0.151 e. The molecule has 0 unspecified atom stereocenters. The third kappa shape index (κ3) is 3.25. The fourth-order valence-corrected chi connectivity index (χ4v) is 4.10. The van der Waals surface area contributed by atoms with Crippen LogP contribution >= 0.6 is 0 Å². The van der Waals surface area contributed by atoms with Crippen LogP contribution in [0.4, 0.5) is 18.9 Å². The number of hydrogen-bond acceptors (Lipinski definition) is 5. The smallest absolute Gasteiger partial charge is 0.151 e. The summed E-state index contributed by atoms with van der Waals surface area (Å²) in [5.41, 5.74) is 8.33. The third-order valence-corrected chi connectivity index (χ3v) is 5.66. The fraction of sp³-hybridized carbons (Fsp3) is 0.174. The van der Waals surface area contributed by atoms with E-state index in [2.05, 4.69) is 15.0 Å². The fourth-order valence-electron chi connectivity index (χ4n) is 4.10. The van der Waals surface area contributed by atoms with Gasteiger partial charge in [0.1, 0.15) is 34.6 Å². The molecule has 0 spiro atoms. The zero-order chi connectivity index (χ0) is 22.4. The quantitative estimate of drug-likeness (QED) is 0.506. The number of H-pyrrole nitrogens is 1. The number of halogens is 3. The average Bonchev–Trinajstić information content (AvgIpc) is 3.44. The van der Waals surface area contributed by atoms with Crippen LogP contribution in [-0.2, 0) is 0 Å². The van der Waals surface area contributed by atoms with E-state index < -0.39 is 17.5 Å². The summed E-state index contributed by atoms with van der Waals surface area (Å²) >= 11 is 0. The molecule has 2 aromatic carbocycles. The highest BCUT2D eigenvalue weighted by molar-refractivity contribution is 5.91. The van der Waals surface area contributed by atoms with Crippen molar-refractivity contribution in [3.63, 3.8) is 0 Å². The molecule has 1 atom stereocenters. The predicted octanol–water partition coefficient (Wildman–Crippen LogP) is 4.12. The summed E-state index contributed by atoms with van der Waals surface area (Å²) in [6.45, 7) is 1.21. The summed E-state index contributed by atoms with van der Waals surface area (Å²) in [6, 6.07) is 8.11. The van der Waals surface area contributed by atoms with E-state index in [9.17, 15) is 18.4 Å². The predicted molar refractivity (Wildman–Crippen MR) is 114 cm³/mol. The first-order chi connectivity index (χ1) is 15.5. The molecular formula is C23H17F3N6. The molecule has 3 N–H and O–H groups in total. The van der Waals surface area contributed by atoms with Gasteiger partial charge in [0, 0.05) is 37.1 Å². The van der Waals surface area contributed by atoms with Gasteiger partial charge in [-0.3, -0.25) is 4.98 Å². The molecule has 0 saturated carbocycles. The van der Waals surface area contributed by atoms with E-state index in [1.54, 1.807) is 18.5 Å². The SMILES string of the molecule is N#Cc1cc(-c2cncc(-c3nc4c(F)ccc(F)c4[nH]3)c2N2CC[C@H](N)C2)ccc1F. The second kappa shape index (κ2) is 7.66. The molecule has 4 aromatic rings. The zero-order valence-corrected chi connectivity index (χ0v) is 16.7. The molecule has 3 heterocycles. The highest BCUT2D eigenvalue weighted by atomic mass is 19.1. The van der Waals surface area contributed by atoms with Gasteiger partial charge in [-0.1, -0.05) is 6.07 Å². The zero-order valence-electron chi connectivity index (χ0n) is 16.7. The summed E-state index contributed by atoms with van der Waals surface area (Å²) in [5.74, 6) is -1.63. The summed E-state index contributed by atoms with van der Waals surface area (Å²) < 4.78 is 42.4. The number of hydrogen-bond donors (Lipinski definition) is 2. The summed E-state index contributed by atoms with van der Waals surface area (Å²) in [5, 5.41) is 9.25. The van der Waals surface area contributed by atoms with Crippen LogP contribution in [0.5, 0.6) is 0 Å². The molecule has 0 amide bonds. The molecule has 1 aliphatic heterocycles. The van der Waals surface area contributed by atoms with Crippen LogP contribution in [0.1, 0.15) is 12.0 Å². The van der Waals surface area contributed by atoms with Crippen molar-refractivity contribution in [3.8, 4) is 28.6 Å². The molecule has 6 nitrogen and oxygen atoms in total. The molecule has 5 rings (SSSR count). The van der Waals surface area contributed by atoms with E-state index in [0.29, 0.717) is 35.5 Å². The molecule has 0 bridgehead atoms.